The average Bonchev–Trinajstić information content (AvgIpc) is 1.64. The molecule has 3 heteroatoms. The minimum absolute atomic E-state index is 0.214. The molecular weight excluding hydrogens is 126 g/mol. The predicted octanol–water partition coefficient (Wildman–Crippen LogP) is 0.675. The number of alkyl halides is 1. The fraction of sp³-hybridized carbons (Fsp3) is 0.800. The summed E-state index contributed by atoms with van der Waals surface area (Å²) < 4.78 is 5.02. The Labute approximate surface area is 54.4 Å². The number of likely N-dealkylation sites (N-methyl/N-ethyl adjacent to an activating group) is 1. The van der Waals surface area contributed by atoms with Gasteiger partial charge in [0.05, 0.1) is 13.2 Å². The standard InChI is InChI=1S/C5H9ClNO/c1-7-2-3-8-5(6)4-7/h4-5H,2-3H2,1H3. The van der Waals surface area contributed by atoms with E-state index in [0.717, 1.165) is 13.2 Å². The molecule has 0 amide bonds. The van der Waals surface area contributed by atoms with E-state index in [1.807, 2.05) is 18.5 Å². The van der Waals surface area contributed by atoms with E-state index in [-0.39, 0.29) is 5.56 Å². The number of hydrogen-bond donors (Lipinski definition) is 0. The van der Waals surface area contributed by atoms with E-state index < -0.39 is 0 Å². The molecule has 0 aromatic carbocycles. The van der Waals surface area contributed by atoms with Gasteiger partial charge in [-0.05, 0) is 7.05 Å². The third-order valence-electron chi connectivity index (χ3n) is 1.09. The molecule has 0 aliphatic carbocycles. The van der Waals surface area contributed by atoms with E-state index in [0.29, 0.717) is 0 Å². The Morgan fingerprint density at radius 1 is 1.88 bits per heavy atom. The molecule has 1 radical (unpaired) electrons. The summed E-state index contributed by atoms with van der Waals surface area (Å²) in [7, 11) is 1.98. The molecule has 1 rings (SSSR count). The van der Waals surface area contributed by atoms with Crippen molar-refractivity contribution in [3.8, 4) is 0 Å². The van der Waals surface area contributed by atoms with E-state index in [9.17, 15) is 0 Å². The lowest BCUT2D eigenvalue weighted by molar-refractivity contribution is 0.0546. The number of nitrogens with zero attached hydrogens (tertiary/aromatic N) is 1. The van der Waals surface area contributed by atoms with Crippen molar-refractivity contribution in [2.45, 2.75) is 5.56 Å². The molecule has 8 heavy (non-hydrogen) atoms. The number of halogens is 1. The zero-order valence-corrected chi connectivity index (χ0v) is 5.56. The van der Waals surface area contributed by atoms with Crippen LogP contribution in [0.4, 0.5) is 0 Å². The summed E-state index contributed by atoms with van der Waals surface area (Å²) >= 11 is 5.59. The van der Waals surface area contributed by atoms with E-state index in [1.54, 1.807) is 0 Å². The van der Waals surface area contributed by atoms with Crippen LogP contribution in [0.3, 0.4) is 0 Å². The van der Waals surface area contributed by atoms with Gasteiger partial charge in [-0.3, -0.25) is 4.90 Å². The first kappa shape index (κ1) is 6.33. The van der Waals surface area contributed by atoms with Crippen molar-refractivity contribution in [2.75, 3.05) is 20.2 Å². The summed E-state index contributed by atoms with van der Waals surface area (Å²) in [6, 6.07) is 0. The van der Waals surface area contributed by atoms with Crippen molar-refractivity contribution in [3.63, 3.8) is 0 Å². The number of ether oxygens (including phenoxy) is 1. The minimum atomic E-state index is -0.214. The lowest BCUT2D eigenvalue weighted by atomic mass is 10.5. The number of hydrogen-bond acceptors (Lipinski definition) is 2. The molecule has 1 saturated heterocycles. The highest BCUT2D eigenvalue weighted by Gasteiger charge is 2.14. The largest absolute Gasteiger partial charge is 0.359 e. The van der Waals surface area contributed by atoms with Gasteiger partial charge in [0.1, 0.15) is 5.56 Å². The molecule has 1 unspecified atom stereocenters. The van der Waals surface area contributed by atoms with Crippen molar-refractivity contribution in [2.24, 2.45) is 0 Å². The van der Waals surface area contributed by atoms with Gasteiger partial charge in [-0.25, -0.2) is 0 Å². The maximum absolute atomic E-state index is 5.59. The summed E-state index contributed by atoms with van der Waals surface area (Å²) in [5, 5.41) is 0. The molecule has 1 atom stereocenters. The second-order valence-corrected chi connectivity index (χ2v) is 2.28. The third kappa shape index (κ3) is 1.62. The van der Waals surface area contributed by atoms with Crippen LogP contribution in [0.15, 0.2) is 0 Å². The maximum Gasteiger partial charge on any atom is 0.148 e. The average molecular weight is 135 g/mol. The van der Waals surface area contributed by atoms with Gasteiger partial charge in [-0.15, -0.1) is 0 Å². The molecule has 1 aliphatic heterocycles. The molecule has 1 fully saturated rings. The Bertz CT molecular complexity index is 70.8. The van der Waals surface area contributed by atoms with Gasteiger partial charge in [0.15, 0.2) is 0 Å². The second kappa shape index (κ2) is 2.67. The van der Waals surface area contributed by atoms with Crippen LogP contribution < -0.4 is 0 Å². The molecule has 0 spiro atoms. The normalized spacial score (nSPS) is 33.0. The zero-order valence-electron chi connectivity index (χ0n) is 4.80. The van der Waals surface area contributed by atoms with Crippen LogP contribution >= 0.6 is 11.6 Å². The molecule has 0 N–H and O–H groups in total. The molecule has 47 valence electrons. The Hall–Kier alpha value is 0.210. The van der Waals surface area contributed by atoms with Gasteiger partial charge in [0, 0.05) is 6.54 Å². The first-order valence-electron chi connectivity index (χ1n) is 2.60. The topological polar surface area (TPSA) is 12.5 Å². The van der Waals surface area contributed by atoms with Crippen molar-refractivity contribution < 1.29 is 4.74 Å². The van der Waals surface area contributed by atoms with Gasteiger partial charge in [-0.1, -0.05) is 11.6 Å². The van der Waals surface area contributed by atoms with Crippen LogP contribution in [0.1, 0.15) is 0 Å². The quantitative estimate of drug-likeness (QED) is 0.452. The Balaban J connectivity index is 2.23. The van der Waals surface area contributed by atoms with E-state index in [4.69, 9.17) is 16.3 Å². The van der Waals surface area contributed by atoms with Crippen molar-refractivity contribution in [3.05, 3.63) is 6.54 Å². The van der Waals surface area contributed by atoms with Crippen LogP contribution in [-0.2, 0) is 4.74 Å². The highest BCUT2D eigenvalue weighted by Crippen LogP contribution is 2.09. The van der Waals surface area contributed by atoms with Crippen LogP contribution in [0.5, 0.6) is 0 Å². The third-order valence-corrected chi connectivity index (χ3v) is 1.33. The second-order valence-electron chi connectivity index (χ2n) is 1.85. The monoisotopic (exact) mass is 134 g/mol. The van der Waals surface area contributed by atoms with Gasteiger partial charge in [0.25, 0.3) is 0 Å². The molecule has 0 saturated carbocycles. The van der Waals surface area contributed by atoms with Crippen LogP contribution in [0.25, 0.3) is 0 Å². The Morgan fingerprint density at radius 3 is 3.00 bits per heavy atom. The molecule has 1 aliphatic rings. The Kier molecular flexibility index (Phi) is 2.11. The fourth-order valence-corrected chi connectivity index (χ4v) is 0.908. The first-order chi connectivity index (χ1) is 3.79. The molecule has 2 nitrogen and oxygen atoms in total. The van der Waals surface area contributed by atoms with E-state index in [1.165, 1.54) is 0 Å². The van der Waals surface area contributed by atoms with Crippen molar-refractivity contribution in [1.29, 1.82) is 0 Å². The first-order valence-corrected chi connectivity index (χ1v) is 3.03. The Morgan fingerprint density at radius 2 is 2.62 bits per heavy atom. The van der Waals surface area contributed by atoms with E-state index in [2.05, 4.69) is 0 Å². The zero-order chi connectivity index (χ0) is 5.98. The van der Waals surface area contributed by atoms with Gasteiger partial charge in [-0.2, -0.15) is 0 Å². The molecule has 1 heterocycles. The fourth-order valence-electron chi connectivity index (χ4n) is 0.627. The summed E-state index contributed by atoms with van der Waals surface area (Å²) in [6.45, 7) is 3.54. The maximum atomic E-state index is 5.59. The summed E-state index contributed by atoms with van der Waals surface area (Å²) in [5.41, 5.74) is -0.214. The number of rotatable bonds is 0. The van der Waals surface area contributed by atoms with Gasteiger partial charge < -0.3 is 4.74 Å². The summed E-state index contributed by atoms with van der Waals surface area (Å²) in [4.78, 5) is 2.03. The minimum Gasteiger partial charge on any atom is -0.359 e. The molecule has 0 aromatic heterocycles. The highest BCUT2D eigenvalue weighted by molar-refractivity contribution is 6.20. The summed E-state index contributed by atoms with van der Waals surface area (Å²) in [5.74, 6) is 0. The van der Waals surface area contributed by atoms with Crippen LogP contribution in [0, 0.1) is 6.54 Å². The smallest absolute Gasteiger partial charge is 0.148 e. The lowest BCUT2D eigenvalue weighted by Crippen LogP contribution is -2.32. The van der Waals surface area contributed by atoms with Crippen molar-refractivity contribution >= 4 is 11.6 Å². The van der Waals surface area contributed by atoms with Gasteiger partial charge in [0.2, 0.25) is 0 Å². The van der Waals surface area contributed by atoms with Crippen LogP contribution in [-0.4, -0.2) is 30.7 Å². The molecule has 0 bridgehead atoms. The molecular formula is C5H9ClNO. The van der Waals surface area contributed by atoms with Crippen molar-refractivity contribution in [1.82, 2.24) is 4.90 Å². The predicted molar refractivity (Wildman–Crippen MR) is 32.5 cm³/mol. The SMILES string of the molecule is CN1[CH]C(Cl)OCC1. The molecule has 0 aromatic rings. The lowest BCUT2D eigenvalue weighted by Gasteiger charge is -2.25. The number of morpholine rings is 1. The summed E-state index contributed by atoms with van der Waals surface area (Å²) in [6.07, 6.45) is 0. The highest BCUT2D eigenvalue weighted by atomic mass is 35.5. The van der Waals surface area contributed by atoms with Gasteiger partial charge >= 0.3 is 0 Å². The van der Waals surface area contributed by atoms with Crippen LogP contribution in [0.2, 0.25) is 0 Å². The van der Waals surface area contributed by atoms with E-state index >= 15 is 0 Å².